The molecule has 2 unspecified atom stereocenters. The van der Waals surface area contributed by atoms with Gasteiger partial charge >= 0.3 is 0 Å². The zero-order valence-corrected chi connectivity index (χ0v) is 13.9. The van der Waals surface area contributed by atoms with Crippen molar-refractivity contribution in [2.24, 2.45) is 0 Å². The highest BCUT2D eigenvalue weighted by molar-refractivity contribution is 8.00. The summed E-state index contributed by atoms with van der Waals surface area (Å²) in [6.45, 7) is 4.38. The van der Waals surface area contributed by atoms with E-state index in [1.165, 1.54) is 16.0 Å². The Labute approximate surface area is 131 Å². The monoisotopic (exact) mass is 301 g/mol. The predicted molar refractivity (Wildman–Crippen MR) is 91.3 cm³/mol. The fraction of sp³-hybridized carbons (Fsp3) is 0.333. The summed E-state index contributed by atoms with van der Waals surface area (Å²) >= 11 is 1.90. The largest absolute Gasteiger partial charge is 0.497 e. The van der Waals surface area contributed by atoms with Gasteiger partial charge in [-0.1, -0.05) is 36.8 Å². The number of ether oxygens (including phenoxy) is 1. The Hall–Kier alpha value is -1.45. The molecule has 2 nitrogen and oxygen atoms in total. The molecule has 2 atom stereocenters. The molecular weight excluding hydrogens is 278 g/mol. The summed E-state index contributed by atoms with van der Waals surface area (Å²) in [6, 6.07) is 17.3. The molecule has 0 bridgehead atoms. The zero-order chi connectivity index (χ0) is 15.2. The second kappa shape index (κ2) is 7.53. The van der Waals surface area contributed by atoms with E-state index in [1.807, 2.05) is 30.9 Å². The lowest BCUT2D eigenvalue weighted by molar-refractivity contribution is 0.414. The first-order chi connectivity index (χ1) is 10.1. The highest BCUT2D eigenvalue weighted by Gasteiger charge is 2.18. The molecule has 2 aromatic rings. The number of methoxy groups -OCH3 is 1. The van der Waals surface area contributed by atoms with E-state index in [0.717, 1.165) is 5.75 Å². The number of rotatable bonds is 6. The fourth-order valence-corrected chi connectivity index (χ4v) is 3.53. The van der Waals surface area contributed by atoms with E-state index in [4.69, 9.17) is 4.74 Å². The van der Waals surface area contributed by atoms with Gasteiger partial charge in [0.05, 0.1) is 7.11 Å². The third-order valence-corrected chi connectivity index (χ3v) is 4.79. The third kappa shape index (κ3) is 4.26. The van der Waals surface area contributed by atoms with Crippen LogP contribution in [0.4, 0.5) is 0 Å². The van der Waals surface area contributed by atoms with Gasteiger partial charge in [0, 0.05) is 16.2 Å². The average molecular weight is 301 g/mol. The van der Waals surface area contributed by atoms with Crippen LogP contribution in [0.5, 0.6) is 5.75 Å². The van der Waals surface area contributed by atoms with Gasteiger partial charge in [-0.25, -0.2) is 0 Å². The second-order valence-corrected chi connectivity index (χ2v) is 6.63. The van der Waals surface area contributed by atoms with Crippen molar-refractivity contribution in [3.8, 4) is 5.75 Å². The van der Waals surface area contributed by atoms with Crippen molar-refractivity contribution in [1.82, 2.24) is 5.32 Å². The topological polar surface area (TPSA) is 21.3 Å². The zero-order valence-electron chi connectivity index (χ0n) is 13.1. The summed E-state index contributed by atoms with van der Waals surface area (Å²) in [5, 5.41) is 3.86. The van der Waals surface area contributed by atoms with Crippen LogP contribution in [-0.4, -0.2) is 19.4 Å². The number of hydrogen-bond donors (Lipinski definition) is 1. The summed E-state index contributed by atoms with van der Waals surface area (Å²) in [5.41, 5.74) is 2.58. The Morgan fingerprint density at radius 2 is 1.62 bits per heavy atom. The average Bonchev–Trinajstić information content (AvgIpc) is 2.51. The Morgan fingerprint density at radius 3 is 2.14 bits per heavy atom. The molecule has 0 saturated heterocycles. The van der Waals surface area contributed by atoms with Crippen molar-refractivity contribution in [3.05, 3.63) is 59.7 Å². The summed E-state index contributed by atoms with van der Waals surface area (Å²) in [6.07, 6.45) is 0. The maximum atomic E-state index is 5.22. The normalized spacial score (nSPS) is 13.7. The fourth-order valence-electron chi connectivity index (χ4n) is 2.38. The number of benzene rings is 2. The molecule has 0 aromatic heterocycles. The molecule has 1 N–H and O–H groups in total. The first kappa shape index (κ1) is 15.9. The molecule has 0 aliphatic carbocycles. The van der Waals surface area contributed by atoms with Crippen LogP contribution in [0.2, 0.25) is 0 Å². The Balaban J connectivity index is 2.09. The minimum absolute atomic E-state index is 0.308. The molecule has 0 fully saturated rings. The van der Waals surface area contributed by atoms with Crippen LogP contribution in [0, 0.1) is 6.92 Å². The van der Waals surface area contributed by atoms with Crippen molar-refractivity contribution >= 4 is 11.8 Å². The quantitative estimate of drug-likeness (QED) is 0.797. The maximum absolute atomic E-state index is 5.22. The van der Waals surface area contributed by atoms with Gasteiger partial charge in [-0.05, 0) is 43.8 Å². The van der Waals surface area contributed by atoms with E-state index in [0.29, 0.717) is 11.3 Å². The minimum atomic E-state index is 0.308. The molecule has 0 aliphatic heterocycles. The van der Waals surface area contributed by atoms with Gasteiger partial charge in [-0.2, -0.15) is 0 Å². The van der Waals surface area contributed by atoms with Crippen LogP contribution in [0.1, 0.15) is 24.1 Å². The third-order valence-electron chi connectivity index (χ3n) is 3.60. The second-order valence-electron chi connectivity index (χ2n) is 5.18. The van der Waals surface area contributed by atoms with Crippen LogP contribution >= 0.6 is 11.8 Å². The van der Waals surface area contributed by atoms with Crippen LogP contribution in [0.25, 0.3) is 0 Å². The molecule has 0 radical (unpaired) electrons. The highest BCUT2D eigenvalue weighted by Crippen LogP contribution is 2.32. The number of hydrogen-bond acceptors (Lipinski definition) is 3. The molecule has 2 rings (SSSR count). The molecule has 3 heteroatoms. The number of nitrogens with one attached hydrogen (secondary N) is 1. The van der Waals surface area contributed by atoms with Gasteiger partial charge in [-0.15, -0.1) is 11.8 Å². The first-order valence-electron chi connectivity index (χ1n) is 7.18. The van der Waals surface area contributed by atoms with E-state index in [2.05, 4.69) is 55.6 Å². The summed E-state index contributed by atoms with van der Waals surface area (Å²) in [5.74, 6) is 0.896. The highest BCUT2D eigenvalue weighted by atomic mass is 32.2. The van der Waals surface area contributed by atoms with Gasteiger partial charge in [0.2, 0.25) is 0 Å². The minimum Gasteiger partial charge on any atom is -0.497 e. The Kier molecular flexibility index (Phi) is 5.71. The number of aryl methyl sites for hydroxylation is 1. The van der Waals surface area contributed by atoms with Crippen LogP contribution in [0.3, 0.4) is 0 Å². The standard InChI is InChI=1S/C18H23NOS/c1-13-5-11-17(12-6-13)21-14(2)18(19-3)15-7-9-16(20-4)10-8-15/h5-12,14,18-19H,1-4H3. The van der Waals surface area contributed by atoms with Crippen LogP contribution in [0.15, 0.2) is 53.4 Å². The van der Waals surface area contributed by atoms with Crippen molar-refractivity contribution in [2.75, 3.05) is 14.2 Å². The molecule has 0 amide bonds. The van der Waals surface area contributed by atoms with Gasteiger partial charge < -0.3 is 10.1 Å². The summed E-state index contributed by atoms with van der Waals surface area (Å²) in [4.78, 5) is 1.31. The number of thioether (sulfide) groups is 1. The van der Waals surface area contributed by atoms with E-state index in [1.54, 1.807) is 7.11 Å². The van der Waals surface area contributed by atoms with E-state index < -0.39 is 0 Å². The van der Waals surface area contributed by atoms with Gasteiger partial charge in [0.15, 0.2) is 0 Å². The molecule has 0 saturated carbocycles. The van der Waals surface area contributed by atoms with Gasteiger partial charge in [-0.3, -0.25) is 0 Å². The molecular formula is C18H23NOS. The Bertz CT molecular complexity index is 550. The smallest absolute Gasteiger partial charge is 0.118 e. The first-order valence-corrected chi connectivity index (χ1v) is 8.06. The van der Waals surface area contributed by atoms with E-state index in [-0.39, 0.29) is 0 Å². The van der Waals surface area contributed by atoms with Crippen molar-refractivity contribution < 1.29 is 4.74 Å². The molecule has 2 aromatic carbocycles. The van der Waals surface area contributed by atoms with E-state index in [9.17, 15) is 0 Å². The van der Waals surface area contributed by atoms with Gasteiger partial charge in [0.1, 0.15) is 5.75 Å². The lowest BCUT2D eigenvalue weighted by Crippen LogP contribution is -2.25. The van der Waals surface area contributed by atoms with Crippen molar-refractivity contribution in [1.29, 1.82) is 0 Å². The van der Waals surface area contributed by atoms with E-state index >= 15 is 0 Å². The lowest BCUT2D eigenvalue weighted by Gasteiger charge is -2.24. The lowest BCUT2D eigenvalue weighted by atomic mass is 10.0. The van der Waals surface area contributed by atoms with Crippen molar-refractivity contribution in [3.63, 3.8) is 0 Å². The van der Waals surface area contributed by atoms with Gasteiger partial charge in [0.25, 0.3) is 0 Å². The molecule has 112 valence electrons. The molecule has 0 heterocycles. The summed E-state index contributed by atoms with van der Waals surface area (Å²) < 4.78 is 5.22. The van der Waals surface area contributed by atoms with Crippen molar-refractivity contribution in [2.45, 2.75) is 30.0 Å². The maximum Gasteiger partial charge on any atom is 0.118 e. The van der Waals surface area contributed by atoms with Crippen LogP contribution in [-0.2, 0) is 0 Å². The summed E-state index contributed by atoms with van der Waals surface area (Å²) in [7, 11) is 3.71. The molecule has 0 spiro atoms. The SMILES string of the molecule is CNC(c1ccc(OC)cc1)C(C)Sc1ccc(C)cc1. The van der Waals surface area contributed by atoms with Crippen LogP contribution < -0.4 is 10.1 Å². The molecule has 0 aliphatic rings. The Morgan fingerprint density at radius 1 is 1.00 bits per heavy atom. The predicted octanol–water partition coefficient (Wildman–Crippen LogP) is 4.44. The molecule has 21 heavy (non-hydrogen) atoms.